The zero-order valence-corrected chi connectivity index (χ0v) is 10.3. The normalized spacial score (nSPS) is 10.2. The molecule has 0 aromatic heterocycles. The molecule has 1 N–H and O–H groups in total. The summed E-state index contributed by atoms with van der Waals surface area (Å²) in [6, 6.07) is 0.611. The van der Waals surface area contributed by atoms with E-state index in [1.54, 1.807) is 0 Å². The fourth-order valence-electron chi connectivity index (χ4n) is 0.539. The first-order chi connectivity index (χ1) is 4.13. The van der Waals surface area contributed by atoms with Crippen LogP contribution in [0, 0.1) is 12.3 Å². The molecular formula is C8H18NW-. The Labute approximate surface area is 79.2 Å². The Balaban J connectivity index is 0. The van der Waals surface area contributed by atoms with Crippen LogP contribution in [0.1, 0.15) is 27.7 Å². The molecule has 0 amide bonds. The van der Waals surface area contributed by atoms with E-state index in [1.807, 2.05) is 0 Å². The second-order valence-corrected chi connectivity index (χ2v) is 3.04. The van der Waals surface area contributed by atoms with Gasteiger partial charge in [0.05, 0.1) is 0 Å². The second-order valence-electron chi connectivity index (χ2n) is 3.04. The molecule has 0 saturated carbocycles. The average molecular weight is 312 g/mol. The monoisotopic (exact) mass is 312 g/mol. The van der Waals surface area contributed by atoms with Gasteiger partial charge in [-0.2, -0.15) is 5.92 Å². The van der Waals surface area contributed by atoms with Gasteiger partial charge in [-0.25, -0.2) is 0 Å². The fourth-order valence-corrected chi connectivity index (χ4v) is 0.539. The van der Waals surface area contributed by atoms with Crippen LogP contribution in [0.5, 0.6) is 0 Å². The third-order valence-corrected chi connectivity index (χ3v) is 1.12. The summed E-state index contributed by atoms with van der Waals surface area (Å²) in [5, 5.41) is 3.32. The van der Waals surface area contributed by atoms with Crippen LogP contribution < -0.4 is 5.32 Å². The Kier molecular flexibility index (Phi) is 10.3. The van der Waals surface area contributed by atoms with E-state index in [2.05, 4.69) is 39.4 Å². The van der Waals surface area contributed by atoms with Crippen LogP contribution in [-0.4, -0.2) is 12.6 Å². The molecule has 0 atom stereocenters. The number of rotatable bonds is 4. The number of nitrogens with one attached hydrogen (secondary N) is 1. The third-order valence-electron chi connectivity index (χ3n) is 1.12. The smallest absolute Gasteiger partial charge is 0 e. The van der Waals surface area contributed by atoms with Crippen molar-refractivity contribution in [1.82, 2.24) is 5.32 Å². The molecule has 0 fully saturated rings. The van der Waals surface area contributed by atoms with Crippen molar-refractivity contribution in [2.24, 2.45) is 5.92 Å². The van der Waals surface area contributed by atoms with Crippen LogP contribution in [0.3, 0.4) is 0 Å². The molecule has 0 bridgehead atoms. The van der Waals surface area contributed by atoms with Crippen molar-refractivity contribution in [3.63, 3.8) is 0 Å². The summed E-state index contributed by atoms with van der Waals surface area (Å²) in [7, 11) is 0. The van der Waals surface area contributed by atoms with Gasteiger partial charge in [0.1, 0.15) is 0 Å². The maximum atomic E-state index is 3.32. The van der Waals surface area contributed by atoms with Crippen molar-refractivity contribution in [3.05, 3.63) is 6.42 Å². The molecule has 0 unspecified atom stereocenters. The summed E-state index contributed by atoms with van der Waals surface area (Å²) in [4.78, 5) is 0. The van der Waals surface area contributed by atoms with Gasteiger partial charge in [0.15, 0.2) is 0 Å². The Morgan fingerprint density at radius 3 is 2.00 bits per heavy atom. The van der Waals surface area contributed by atoms with Gasteiger partial charge in [-0.3, -0.25) is 0 Å². The second kappa shape index (κ2) is 7.75. The van der Waals surface area contributed by atoms with Gasteiger partial charge in [0, 0.05) is 21.1 Å². The molecule has 0 aliphatic carbocycles. The zero-order valence-electron chi connectivity index (χ0n) is 7.35. The molecule has 1 nitrogen and oxygen atoms in total. The first-order valence-electron chi connectivity index (χ1n) is 3.69. The van der Waals surface area contributed by atoms with Crippen LogP contribution in [-0.2, 0) is 21.1 Å². The predicted molar refractivity (Wildman–Crippen MR) is 42.3 cm³/mol. The average Bonchev–Trinajstić information content (AvgIpc) is 1.63. The van der Waals surface area contributed by atoms with Crippen LogP contribution in [0.4, 0.5) is 0 Å². The molecule has 0 heterocycles. The Morgan fingerprint density at radius 1 is 1.20 bits per heavy atom. The summed E-state index contributed by atoms with van der Waals surface area (Å²) in [5.41, 5.74) is 0. The number of hydrogen-bond donors (Lipinski definition) is 1. The molecule has 2 heteroatoms. The van der Waals surface area contributed by atoms with Crippen LogP contribution in [0.25, 0.3) is 0 Å². The van der Waals surface area contributed by atoms with Crippen molar-refractivity contribution < 1.29 is 21.1 Å². The third kappa shape index (κ3) is 11.4. The predicted octanol–water partition coefficient (Wildman–Crippen LogP) is 1.84. The van der Waals surface area contributed by atoms with Crippen LogP contribution in [0.15, 0.2) is 0 Å². The minimum absolute atomic E-state index is 0. The number of hydrogen-bond acceptors (Lipinski definition) is 1. The molecule has 0 aromatic carbocycles. The summed E-state index contributed by atoms with van der Waals surface area (Å²) in [6.45, 7) is 9.75. The van der Waals surface area contributed by atoms with Crippen molar-refractivity contribution in [2.45, 2.75) is 33.7 Å². The van der Waals surface area contributed by atoms with Gasteiger partial charge in [0.2, 0.25) is 0 Å². The summed E-state index contributed by atoms with van der Waals surface area (Å²) >= 11 is 0. The molecule has 0 aliphatic rings. The maximum absolute atomic E-state index is 3.32. The molecule has 0 aliphatic heterocycles. The van der Waals surface area contributed by atoms with E-state index in [4.69, 9.17) is 0 Å². The van der Waals surface area contributed by atoms with Gasteiger partial charge in [-0.1, -0.05) is 27.7 Å². The van der Waals surface area contributed by atoms with Gasteiger partial charge < -0.3 is 11.7 Å². The Hall–Kier alpha value is 0.648. The minimum Gasteiger partial charge on any atom is -0.344 e. The van der Waals surface area contributed by atoms with Crippen molar-refractivity contribution >= 4 is 0 Å². The van der Waals surface area contributed by atoms with Crippen molar-refractivity contribution in [3.8, 4) is 0 Å². The van der Waals surface area contributed by atoms with E-state index in [0.717, 1.165) is 6.54 Å². The summed E-state index contributed by atoms with van der Waals surface area (Å²) in [5.74, 6) is 0.705. The van der Waals surface area contributed by atoms with E-state index in [0.29, 0.717) is 12.0 Å². The van der Waals surface area contributed by atoms with Crippen LogP contribution >= 0.6 is 0 Å². The van der Waals surface area contributed by atoms with E-state index in [-0.39, 0.29) is 21.1 Å². The Bertz CT molecular complexity index is 54.3. The summed E-state index contributed by atoms with van der Waals surface area (Å²) in [6.07, 6.45) is 2.28. The van der Waals surface area contributed by atoms with Gasteiger partial charge in [-0.05, 0) is 6.04 Å². The molecule has 0 saturated heterocycles. The maximum Gasteiger partial charge on any atom is 0 e. The van der Waals surface area contributed by atoms with Gasteiger partial charge in [0.25, 0.3) is 0 Å². The first-order valence-corrected chi connectivity index (χ1v) is 3.69. The van der Waals surface area contributed by atoms with E-state index < -0.39 is 0 Å². The minimum atomic E-state index is 0. The molecule has 0 radical (unpaired) electrons. The molecule has 0 rings (SSSR count). The van der Waals surface area contributed by atoms with Crippen molar-refractivity contribution in [2.75, 3.05) is 6.54 Å². The molecule has 0 spiro atoms. The molecular weight excluding hydrogens is 294 g/mol. The largest absolute Gasteiger partial charge is 0.344 e. The SMILES string of the molecule is CC(C)[CH-]CNC(C)C.[W]. The quantitative estimate of drug-likeness (QED) is 0.781. The van der Waals surface area contributed by atoms with Gasteiger partial charge >= 0.3 is 0 Å². The van der Waals surface area contributed by atoms with E-state index in [9.17, 15) is 0 Å². The topological polar surface area (TPSA) is 12.0 Å². The molecule has 62 valence electrons. The molecule has 10 heavy (non-hydrogen) atoms. The fraction of sp³-hybridized carbons (Fsp3) is 0.875. The first kappa shape index (κ1) is 13.3. The zero-order chi connectivity index (χ0) is 7.28. The van der Waals surface area contributed by atoms with Crippen molar-refractivity contribution in [1.29, 1.82) is 0 Å². The van der Waals surface area contributed by atoms with Gasteiger partial charge in [-0.15, -0.1) is 6.54 Å². The van der Waals surface area contributed by atoms with E-state index >= 15 is 0 Å². The van der Waals surface area contributed by atoms with E-state index in [1.165, 1.54) is 0 Å². The summed E-state index contributed by atoms with van der Waals surface area (Å²) < 4.78 is 0. The standard InChI is InChI=1S/C8H18N.W/c1-7(2)5-6-9-8(3)4;/h5,7-9H,6H2,1-4H3;/q-1;. The molecule has 0 aromatic rings. The Morgan fingerprint density at radius 2 is 1.70 bits per heavy atom. The van der Waals surface area contributed by atoms with Crippen LogP contribution in [0.2, 0.25) is 0 Å².